The Labute approximate surface area is 85.5 Å². The lowest BCUT2D eigenvalue weighted by Crippen LogP contribution is -2.34. The molecule has 1 aromatic carbocycles. The average molecular weight is 187 g/mol. The summed E-state index contributed by atoms with van der Waals surface area (Å²) in [6.45, 7) is 1.23. The first-order valence-electron chi connectivity index (χ1n) is 5.72. The summed E-state index contributed by atoms with van der Waals surface area (Å²) in [5.74, 6) is 1.87. The summed E-state index contributed by atoms with van der Waals surface area (Å²) >= 11 is 0. The quantitative estimate of drug-likeness (QED) is 0.713. The summed E-state index contributed by atoms with van der Waals surface area (Å²) < 4.78 is 0. The Balaban J connectivity index is 1.85. The van der Waals surface area contributed by atoms with Crippen LogP contribution in [0.15, 0.2) is 30.3 Å². The molecule has 1 nitrogen and oxygen atoms in total. The minimum Gasteiger partial charge on any atom is -0.309 e. The van der Waals surface area contributed by atoms with Gasteiger partial charge in [0.25, 0.3) is 0 Å². The second-order valence-corrected chi connectivity index (χ2v) is 4.74. The van der Waals surface area contributed by atoms with E-state index in [0.29, 0.717) is 6.04 Å². The number of benzene rings is 1. The normalized spacial score (nSPS) is 35.9. The molecule has 0 aromatic heterocycles. The van der Waals surface area contributed by atoms with Gasteiger partial charge in [-0.2, -0.15) is 0 Å². The minimum absolute atomic E-state index is 0.634. The van der Waals surface area contributed by atoms with Crippen LogP contribution in [-0.2, 0) is 0 Å². The molecule has 0 unspecified atom stereocenters. The van der Waals surface area contributed by atoms with E-state index in [1.54, 1.807) is 0 Å². The Bertz CT molecular complexity index is 306. The van der Waals surface area contributed by atoms with Gasteiger partial charge in [-0.05, 0) is 43.2 Å². The van der Waals surface area contributed by atoms with Gasteiger partial charge in [0.05, 0.1) is 0 Å². The molecule has 1 N–H and O–H groups in total. The minimum atomic E-state index is 0.634. The average Bonchev–Trinajstić information content (AvgIpc) is 2.62. The fourth-order valence-electron chi connectivity index (χ4n) is 3.11. The smallest absolute Gasteiger partial charge is 0.0348 e. The molecule has 1 heteroatoms. The maximum Gasteiger partial charge on any atom is 0.0348 e. The summed E-state index contributed by atoms with van der Waals surface area (Å²) in [6.07, 6.45) is 4.32. The molecular weight excluding hydrogens is 170 g/mol. The third-order valence-electron chi connectivity index (χ3n) is 3.84. The molecule has 0 spiro atoms. The van der Waals surface area contributed by atoms with Crippen molar-refractivity contribution in [2.75, 3.05) is 6.54 Å². The van der Waals surface area contributed by atoms with Gasteiger partial charge in [-0.1, -0.05) is 30.3 Å². The van der Waals surface area contributed by atoms with Crippen molar-refractivity contribution in [1.29, 1.82) is 0 Å². The maximum atomic E-state index is 3.70. The van der Waals surface area contributed by atoms with Crippen molar-refractivity contribution in [1.82, 2.24) is 5.32 Å². The van der Waals surface area contributed by atoms with Gasteiger partial charge in [-0.15, -0.1) is 0 Å². The molecule has 1 saturated heterocycles. The highest BCUT2D eigenvalue weighted by Crippen LogP contribution is 2.42. The molecule has 3 atom stereocenters. The Morgan fingerprint density at radius 2 is 1.93 bits per heavy atom. The van der Waals surface area contributed by atoms with E-state index >= 15 is 0 Å². The van der Waals surface area contributed by atoms with Gasteiger partial charge in [0.2, 0.25) is 0 Å². The SMILES string of the molecule is c1ccc([C@@H]2NC[C@H]3CC[C@H]2C3)cc1. The Morgan fingerprint density at radius 3 is 2.79 bits per heavy atom. The number of fused-ring (bicyclic) bond motifs is 2. The highest BCUT2D eigenvalue weighted by Gasteiger charge is 2.35. The zero-order valence-electron chi connectivity index (χ0n) is 8.45. The first-order valence-corrected chi connectivity index (χ1v) is 5.72. The summed E-state index contributed by atoms with van der Waals surface area (Å²) in [6, 6.07) is 11.6. The number of nitrogens with one attached hydrogen (secondary N) is 1. The van der Waals surface area contributed by atoms with Gasteiger partial charge >= 0.3 is 0 Å². The highest BCUT2D eigenvalue weighted by molar-refractivity contribution is 5.21. The largest absolute Gasteiger partial charge is 0.309 e. The lowest BCUT2D eigenvalue weighted by molar-refractivity contribution is 0.293. The monoisotopic (exact) mass is 187 g/mol. The van der Waals surface area contributed by atoms with Crippen molar-refractivity contribution in [3.8, 4) is 0 Å². The fourth-order valence-corrected chi connectivity index (χ4v) is 3.11. The predicted octanol–water partition coefficient (Wildman–Crippen LogP) is 2.75. The molecule has 3 rings (SSSR count). The van der Waals surface area contributed by atoms with Crippen LogP contribution in [0.3, 0.4) is 0 Å². The molecule has 14 heavy (non-hydrogen) atoms. The summed E-state index contributed by atoms with van der Waals surface area (Å²) in [7, 11) is 0. The van der Waals surface area contributed by atoms with Crippen LogP contribution in [0.5, 0.6) is 0 Å². The lowest BCUT2D eigenvalue weighted by atomic mass is 9.88. The van der Waals surface area contributed by atoms with Crippen LogP contribution >= 0.6 is 0 Å². The predicted molar refractivity (Wildman–Crippen MR) is 58.0 cm³/mol. The van der Waals surface area contributed by atoms with E-state index in [1.807, 2.05) is 0 Å². The molecule has 0 radical (unpaired) electrons. The molecule has 2 aliphatic rings. The van der Waals surface area contributed by atoms with Crippen LogP contribution in [0.25, 0.3) is 0 Å². The summed E-state index contributed by atoms with van der Waals surface area (Å²) in [4.78, 5) is 0. The molecule has 2 fully saturated rings. The van der Waals surface area contributed by atoms with Crippen molar-refractivity contribution in [2.45, 2.75) is 25.3 Å². The number of piperidine rings is 1. The van der Waals surface area contributed by atoms with Gasteiger partial charge in [0.1, 0.15) is 0 Å². The molecule has 1 aromatic rings. The molecule has 74 valence electrons. The molecule has 1 heterocycles. The Morgan fingerprint density at radius 1 is 1.07 bits per heavy atom. The zero-order chi connectivity index (χ0) is 9.38. The van der Waals surface area contributed by atoms with Crippen molar-refractivity contribution in [3.05, 3.63) is 35.9 Å². The van der Waals surface area contributed by atoms with Crippen molar-refractivity contribution >= 4 is 0 Å². The van der Waals surface area contributed by atoms with Gasteiger partial charge in [-0.25, -0.2) is 0 Å². The molecule has 1 aliphatic heterocycles. The third-order valence-corrected chi connectivity index (χ3v) is 3.84. The van der Waals surface area contributed by atoms with Crippen LogP contribution in [-0.4, -0.2) is 6.54 Å². The van der Waals surface area contributed by atoms with E-state index in [4.69, 9.17) is 0 Å². The van der Waals surface area contributed by atoms with Crippen molar-refractivity contribution in [3.63, 3.8) is 0 Å². The zero-order valence-corrected chi connectivity index (χ0v) is 8.45. The first kappa shape index (κ1) is 8.49. The molecule has 0 amide bonds. The number of hydrogen-bond acceptors (Lipinski definition) is 1. The Kier molecular flexibility index (Phi) is 2.06. The van der Waals surface area contributed by atoms with Crippen molar-refractivity contribution < 1.29 is 0 Å². The molecular formula is C13H17N. The molecule has 1 saturated carbocycles. The van der Waals surface area contributed by atoms with Crippen LogP contribution in [0.4, 0.5) is 0 Å². The maximum absolute atomic E-state index is 3.70. The van der Waals surface area contributed by atoms with Crippen LogP contribution in [0.1, 0.15) is 30.9 Å². The molecule has 1 aliphatic carbocycles. The van der Waals surface area contributed by atoms with E-state index in [1.165, 1.54) is 31.4 Å². The van der Waals surface area contributed by atoms with Crippen LogP contribution < -0.4 is 5.32 Å². The Hall–Kier alpha value is -0.820. The highest BCUT2D eigenvalue weighted by atomic mass is 14.9. The molecule has 2 bridgehead atoms. The van der Waals surface area contributed by atoms with E-state index in [0.717, 1.165) is 11.8 Å². The topological polar surface area (TPSA) is 12.0 Å². The number of rotatable bonds is 1. The van der Waals surface area contributed by atoms with E-state index < -0.39 is 0 Å². The van der Waals surface area contributed by atoms with Gasteiger partial charge < -0.3 is 5.32 Å². The fraction of sp³-hybridized carbons (Fsp3) is 0.538. The standard InChI is InChI=1S/C13H17N/c1-2-4-11(5-3-1)13-12-7-6-10(8-12)9-14-13/h1-5,10,12-14H,6-9H2/t10-,12-,13-/m0/s1. The summed E-state index contributed by atoms with van der Waals surface area (Å²) in [5.41, 5.74) is 1.48. The van der Waals surface area contributed by atoms with Crippen LogP contribution in [0.2, 0.25) is 0 Å². The third kappa shape index (κ3) is 1.36. The van der Waals surface area contributed by atoms with E-state index in [9.17, 15) is 0 Å². The first-order chi connectivity index (χ1) is 6.93. The lowest BCUT2D eigenvalue weighted by Gasteiger charge is -2.30. The van der Waals surface area contributed by atoms with E-state index in [2.05, 4.69) is 35.6 Å². The number of hydrogen-bond donors (Lipinski definition) is 1. The second kappa shape index (κ2) is 3.39. The second-order valence-electron chi connectivity index (χ2n) is 4.74. The van der Waals surface area contributed by atoms with Crippen LogP contribution in [0, 0.1) is 11.8 Å². The van der Waals surface area contributed by atoms with Gasteiger partial charge in [0.15, 0.2) is 0 Å². The van der Waals surface area contributed by atoms with Crippen molar-refractivity contribution in [2.24, 2.45) is 11.8 Å². The summed E-state index contributed by atoms with van der Waals surface area (Å²) in [5, 5.41) is 3.70. The van der Waals surface area contributed by atoms with Gasteiger partial charge in [0, 0.05) is 6.04 Å². The van der Waals surface area contributed by atoms with E-state index in [-0.39, 0.29) is 0 Å². The van der Waals surface area contributed by atoms with Gasteiger partial charge in [-0.3, -0.25) is 0 Å².